The van der Waals surface area contributed by atoms with Crippen molar-refractivity contribution in [1.82, 2.24) is 0 Å². The predicted molar refractivity (Wildman–Crippen MR) is 15.4 cm³/mol. The molecule has 3 N–H and O–H groups in total. The van der Waals surface area contributed by atoms with Crippen LogP contribution < -0.4 is 29.6 Å². The molecule has 0 aliphatic rings. The normalized spacial score (nSPS) is 8.43. The summed E-state index contributed by atoms with van der Waals surface area (Å²) >= 11 is 0. The third kappa shape index (κ3) is 66.3. The molecule has 0 unspecified atom stereocenters. The Labute approximate surface area is 88.1 Å². The van der Waals surface area contributed by atoms with Crippen LogP contribution in [-0.2, 0) is 4.57 Å². The van der Waals surface area contributed by atoms with Gasteiger partial charge in [0, 0.05) is 31.1 Å². The molecule has 0 aromatic heterocycles. The summed E-state index contributed by atoms with van der Waals surface area (Å²) in [5.41, 5.74) is 0. The monoisotopic (exact) mass is 360 g/mol. The third-order valence-corrected chi connectivity index (χ3v) is 0. The molecular weight excluding hydrogens is 356 g/mol. The van der Waals surface area contributed by atoms with Crippen LogP contribution >= 0.6 is 7.82 Å². The Morgan fingerprint density at radius 3 is 1.29 bits per heavy atom. The second-order valence-electron chi connectivity index (χ2n) is 0.513. The predicted octanol–water partition coefficient (Wildman–Crippen LogP) is -3.81. The van der Waals surface area contributed by atoms with E-state index in [0.717, 1.165) is 0 Å². The molecule has 0 radical (unpaired) electrons. The van der Waals surface area contributed by atoms with Crippen LogP contribution in [0.1, 0.15) is 1.43 Å². The smallest absolute Gasteiger partial charge is 1.00 e. The van der Waals surface area contributed by atoms with Crippen molar-refractivity contribution in [3.05, 3.63) is 0 Å². The first-order valence-corrected chi connectivity index (χ1v) is 2.35. The van der Waals surface area contributed by atoms with E-state index in [0.29, 0.717) is 0 Å². The van der Waals surface area contributed by atoms with Crippen LogP contribution in [0, 0.1) is 31.1 Å². The van der Waals surface area contributed by atoms with Gasteiger partial charge in [0.25, 0.3) is 0 Å². The van der Waals surface area contributed by atoms with E-state index in [9.17, 15) is 0 Å². The molecule has 0 aliphatic heterocycles. The van der Waals surface area contributed by atoms with Crippen LogP contribution in [0.3, 0.4) is 0 Å². The second-order valence-corrected chi connectivity index (χ2v) is 1.54. The third-order valence-electron chi connectivity index (χ3n) is 0. The summed E-state index contributed by atoms with van der Waals surface area (Å²) < 4.78 is 8.88. The maximum absolute atomic E-state index is 8.88. The molecule has 0 bridgehead atoms. The van der Waals surface area contributed by atoms with Gasteiger partial charge in [0.2, 0.25) is 0 Å². The SMILES string of the molecule is O=P(O)(O)O.[H-].[Na+].[U]. The molecule has 0 saturated carbocycles. The van der Waals surface area contributed by atoms with Gasteiger partial charge in [-0.1, -0.05) is 0 Å². The van der Waals surface area contributed by atoms with Gasteiger partial charge in [-0.2, -0.15) is 0 Å². The van der Waals surface area contributed by atoms with Crippen LogP contribution in [0.15, 0.2) is 0 Å². The molecule has 0 aromatic carbocycles. The van der Waals surface area contributed by atoms with Crippen molar-refractivity contribution >= 4 is 7.82 Å². The average molecular weight is 360 g/mol. The molecule has 0 amide bonds. The van der Waals surface area contributed by atoms with Gasteiger partial charge in [-0.25, -0.2) is 4.57 Å². The van der Waals surface area contributed by atoms with E-state index in [1.54, 1.807) is 0 Å². The quantitative estimate of drug-likeness (QED) is 0.306. The molecule has 0 aromatic rings. The van der Waals surface area contributed by atoms with Crippen LogP contribution in [0.2, 0.25) is 0 Å². The van der Waals surface area contributed by atoms with Crippen molar-refractivity contribution in [2.45, 2.75) is 0 Å². The summed E-state index contributed by atoms with van der Waals surface area (Å²) in [6.07, 6.45) is 0. The van der Waals surface area contributed by atoms with Gasteiger partial charge >= 0.3 is 37.4 Å². The summed E-state index contributed by atoms with van der Waals surface area (Å²) in [4.78, 5) is 21.6. The van der Waals surface area contributed by atoms with Crippen LogP contribution in [0.25, 0.3) is 0 Å². The topological polar surface area (TPSA) is 77.8 Å². The second kappa shape index (κ2) is 6.28. The zero-order chi connectivity index (χ0) is 4.50. The first-order valence-electron chi connectivity index (χ1n) is 0.783. The number of rotatable bonds is 0. The molecular formula is H4NaO4PU. The summed E-state index contributed by atoms with van der Waals surface area (Å²) in [6.45, 7) is 0. The van der Waals surface area contributed by atoms with Gasteiger partial charge in [0.05, 0.1) is 0 Å². The Balaban J connectivity index is -0.0000000267. The fourth-order valence-corrected chi connectivity index (χ4v) is 0. The van der Waals surface area contributed by atoms with E-state index >= 15 is 0 Å². The number of hydrogen-bond donors (Lipinski definition) is 3. The van der Waals surface area contributed by atoms with Gasteiger partial charge < -0.3 is 16.1 Å². The Morgan fingerprint density at radius 2 is 1.29 bits per heavy atom. The summed E-state index contributed by atoms with van der Waals surface area (Å²) in [5.74, 6) is 0. The van der Waals surface area contributed by atoms with Crippen molar-refractivity contribution < 1.29 is 81.3 Å². The van der Waals surface area contributed by atoms with Gasteiger partial charge in [-0.05, 0) is 0 Å². The Kier molecular flexibility index (Phi) is 14.4. The Morgan fingerprint density at radius 1 is 1.29 bits per heavy atom. The first kappa shape index (κ1) is 16.1. The largest absolute Gasteiger partial charge is 1.00 e. The van der Waals surface area contributed by atoms with Crippen molar-refractivity contribution in [2.24, 2.45) is 0 Å². The fourth-order valence-electron chi connectivity index (χ4n) is 0. The van der Waals surface area contributed by atoms with Gasteiger partial charge in [0.15, 0.2) is 0 Å². The van der Waals surface area contributed by atoms with Crippen molar-refractivity contribution in [3.63, 3.8) is 0 Å². The molecule has 38 valence electrons. The zero-order valence-electron chi connectivity index (χ0n) is 4.70. The van der Waals surface area contributed by atoms with E-state index in [1.165, 1.54) is 0 Å². The molecule has 0 aliphatic carbocycles. The van der Waals surface area contributed by atoms with E-state index in [4.69, 9.17) is 19.2 Å². The van der Waals surface area contributed by atoms with Crippen molar-refractivity contribution in [2.75, 3.05) is 0 Å². The average Bonchev–Trinajstić information content (AvgIpc) is 0.722. The molecule has 7 heteroatoms. The van der Waals surface area contributed by atoms with Crippen LogP contribution in [-0.4, -0.2) is 14.7 Å². The van der Waals surface area contributed by atoms with E-state index in [-0.39, 0.29) is 62.1 Å². The molecule has 0 spiro atoms. The van der Waals surface area contributed by atoms with Crippen molar-refractivity contribution in [3.8, 4) is 0 Å². The van der Waals surface area contributed by atoms with Crippen LogP contribution in [0.5, 0.6) is 0 Å². The molecule has 4 nitrogen and oxygen atoms in total. The fraction of sp³-hybridized carbons (Fsp3) is 0. The molecule has 0 fully saturated rings. The summed E-state index contributed by atoms with van der Waals surface area (Å²) in [5, 5.41) is 0. The van der Waals surface area contributed by atoms with E-state index in [1.807, 2.05) is 0 Å². The van der Waals surface area contributed by atoms with Gasteiger partial charge in [-0.15, -0.1) is 0 Å². The molecule has 0 saturated heterocycles. The van der Waals surface area contributed by atoms with Gasteiger partial charge in [0.1, 0.15) is 0 Å². The Bertz CT molecular complexity index is 62.2. The summed E-state index contributed by atoms with van der Waals surface area (Å²) in [7, 11) is -4.64. The number of hydrogen-bond acceptors (Lipinski definition) is 1. The molecule has 7 heavy (non-hydrogen) atoms. The maximum Gasteiger partial charge on any atom is 1.00 e. The Hall–Kier alpha value is 2.16. The molecule has 0 heterocycles. The minimum Gasteiger partial charge on any atom is -1.00 e. The summed E-state index contributed by atoms with van der Waals surface area (Å²) in [6, 6.07) is 0. The van der Waals surface area contributed by atoms with Crippen LogP contribution in [0.4, 0.5) is 0 Å². The molecule has 0 rings (SSSR count). The van der Waals surface area contributed by atoms with E-state index < -0.39 is 7.82 Å². The first-order chi connectivity index (χ1) is 2.00. The zero-order valence-corrected chi connectivity index (χ0v) is 10.8. The molecule has 0 atom stereocenters. The minimum absolute atomic E-state index is 0. The number of phosphoric acid groups is 1. The van der Waals surface area contributed by atoms with E-state index in [2.05, 4.69) is 0 Å². The maximum atomic E-state index is 8.88. The van der Waals surface area contributed by atoms with Crippen molar-refractivity contribution in [1.29, 1.82) is 0 Å². The minimum atomic E-state index is -4.64. The van der Waals surface area contributed by atoms with Gasteiger partial charge in [-0.3, -0.25) is 0 Å². The standard InChI is InChI=1S/Na.H3O4P.U.H/c;1-5(2,3)4;;/h;(H3,1,2,3,4);;/q+1;;;-1.